The van der Waals surface area contributed by atoms with Gasteiger partial charge in [-0.1, -0.05) is 19.1 Å². The lowest BCUT2D eigenvalue weighted by Crippen LogP contribution is -2.22. The van der Waals surface area contributed by atoms with E-state index in [1.54, 1.807) is 12.1 Å². The maximum absolute atomic E-state index is 11.5. The van der Waals surface area contributed by atoms with Crippen molar-refractivity contribution in [1.82, 2.24) is 5.32 Å². The van der Waals surface area contributed by atoms with Crippen LogP contribution in [0.3, 0.4) is 0 Å². The van der Waals surface area contributed by atoms with E-state index in [4.69, 9.17) is 6.42 Å². The van der Waals surface area contributed by atoms with Gasteiger partial charge in [-0.2, -0.15) is 0 Å². The van der Waals surface area contributed by atoms with Gasteiger partial charge in [0.15, 0.2) is 9.84 Å². The molecule has 0 aromatic heterocycles. The molecule has 0 radical (unpaired) electrons. The summed E-state index contributed by atoms with van der Waals surface area (Å²) in [4.78, 5) is 0.360. The number of unbranched alkanes of at least 4 members (excludes halogenated alkanes) is 1. The summed E-state index contributed by atoms with van der Waals surface area (Å²) in [5, 5.41) is 3.48. The summed E-state index contributed by atoms with van der Waals surface area (Å²) in [6, 6.07) is 7.36. The Morgan fingerprint density at radius 3 is 2.45 bits per heavy atom. The van der Waals surface area contributed by atoms with Crippen molar-refractivity contribution in [3.8, 4) is 12.3 Å². The highest BCUT2D eigenvalue weighted by Gasteiger charge is 2.12. The van der Waals surface area contributed by atoms with Gasteiger partial charge in [-0.3, -0.25) is 0 Å². The van der Waals surface area contributed by atoms with Gasteiger partial charge in [0, 0.05) is 18.7 Å². The molecule has 0 fully saturated rings. The molecule has 4 heteroatoms. The lowest BCUT2D eigenvalue weighted by molar-refractivity contribution is 0.487. The van der Waals surface area contributed by atoms with E-state index in [1.807, 2.05) is 12.1 Å². The molecule has 0 saturated carbocycles. The van der Waals surface area contributed by atoms with Crippen molar-refractivity contribution in [1.29, 1.82) is 0 Å². The van der Waals surface area contributed by atoms with Crippen molar-refractivity contribution in [2.75, 3.05) is 12.8 Å². The zero-order valence-electron chi connectivity index (χ0n) is 12.2. The minimum atomic E-state index is -3.13. The Balaban J connectivity index is 2.82. The molecule has 110 valence electrons. The average molecular weight is 293 g/mol. The van der Waals surface area contributed by atoms with Gasteiger partial charge in [0.2, 0.25) is 0 Å². The number of hydrogen-bond acceptors (Lipinski definition) is 3. The SMILES string of the molecule is C#CCCCC(NCCC)c1ccc(S(C)(=O)=O)cc1. The van der Waals surface area contributed by atoms with Crippen molar-refractivity contribution in [3.05, 3.63) is 29.8 Å². The quantitative estimate of drug-likeness (QED) is 0.592. The lowest BCUT2D eigenvalue weighted by Gasteiger charge is -2.19. The van der Waals surface area contributed by atoms with E-state index in [0.29, 0.717) is 4.90 Å². The fourth-order valence-electron chi connectivity index (χ4n) is 2.06. The van der Waals surface area contributed by atoms with Crippen LogP contribution >= 0.6 is 0 Å². The molecule has 0 aliphatic rings. The molecule has 3 nitrogen and oxygen atoms in total. The molecule has 1 aromatic carbocycles. The molecule has 0 saturated heterocycles. The van der Waals surface area contributed by atoms with Gasteiger partial charge < -0.3 is 5.32 Å². The van der Waals surface area contributed by atoms with Crippen LogP contribution in [0.4, 0.5) is 0 Å². The van der Waals surface area contributed by atoms with Crippen LogP contribution in [0.15, 0.2) is 29.2 Å². The second-order valence-corrected chi connectivity index (χ2v) is 6.96. The van der Waals surface area contributed by atoms with E-state index in [1.165, 1.54) is 6.26 Å². The van der Waals surface area contributed by atoms with E-state index < -0.39 is 9.84 Å². The first-order chi connectivity index (χ1) is 9.49. The van der Waals surface area contributed by atoms with Gasteiger partial charge in [-0.15, -0.1) is 12.3 Å². The fourth-order valence-corrected chi connectivity index (χ4v) is 2.69. The maximum Gasteiger partial charge on any atom is 0.175 e. The first kappa shape index (κ1) is 16.7. The van der Waals surface area contributed by atoms with Crippen molar-refractivity contribution < 1.29 is 8.42 Å². The molecule has 1 atom stereocenters. The van der Waals surface area contributed by atoms with Gasteiger partial charge in [0.1, 0.15) is 0 Å². The van der Waals surface area contributed by atoms with Crippen LogP contribution in [0.2, 0.25) is 0 Å². The molecule has 1 rings (SSSR count). The maximum atomic E-state index is 11.5. The molecule has 1 N–H and O–H groups in total. The zero-order valence-corrected chi connectivity index (χ0v) is 13.0. The third kappa shape index (κ3) is 5.36. The zero-order chi connectivity index (χ0) is 15.0. The number of nitrogens with one attached hydrogen (secondary N) is 1. The van der Waals surface area contributed by atoms with Gasteiger partial charge in [-0.25, -0.2) is 8.42 Å². The van der Waals surface area contributed by atoms with Crippen LogP contribution in [0.25, 0.3) is 0 Å². The third-order valence-corrected chi connectivity index (χ3v) is 4.29. The molecule has 0 aliphatic carbocycles. The topological polar surface area (TPSA) is 46.2 Å². The smallest absolute Gasteiger partial charge is 0.175 e. The van der Waals surface area contributed by atoms with Crippen molar-refractivity contribution in [2.45, 2.75) is 43.5 Å². The van der Waals surface area contributed by atoms with E-state index >= 15 is 0 Å². The number of sulfone groups is 1. The average Bonchev–Trinajstić information content (AvgIpc) is 2.42. The first-order valence-corrected chi connectivity index (χ1v) is 8.85. The molecule has 0 amide bonds. The second kappa shape index (κ2) is 8.08. The fraction of sp³-hybridized carbons (Fsp3) is 0.500. The van der Waals surface area contributed by atoms with E-state index in [-0.39, 0.29) is 6.04 Å². The minimum Gasteiger partial charge on any atom is -0.310 e. The summed E-state index contributed by atoms with van der Waals surface area (Å²) < 4.78 is 22.9. The Labute approximate surface area is 122 Å². The second-order valence-electron chi connectivity index (χ2n) is 4.94. The molecule has 0 heterocycles. The van der Waals surface area contributed by atoms with Crippen molar-refractivity contribution in [3.63, 3.8) is 0 Å². The van der Waals surface area contributed by atoms with Crippen LogP contribution in [-0.2, 0) is 9.84 Å². The molecule has 1 unspecified atom stereocenters. The number of hydrogen-bond donors (Lipinski definition) is 1. The molecule has 0 aliphatic heterocycles. The van der Waals surface area contributed by atoms with Crippen LogP contribution in [0.5, 0.6) is 0 Å². The summed E-state index contributed by atoms with van der Waals surface area (Å²) in [5.74, 6) is 2.65. The Morgan fingerprint density at radius 1 is 1.30 bits per heavy atom. The number of benzene rings is 1. The van der Waals surface area contributed by atoms with E-state index in [0.717, 1.165) is 37.8 Å². The van der Waals surface area contributed by atoms with Crippen LogP contribution in [0.1, 0.15) is 44.2 Å². The monoisotopic (exact) mass is 293 g/mol. The summed E-state index contributed by atoms with van der Waals surface area (Å²) >= 11 is 0. The molecular weight excluding hydrogens is 270 g/mol. The molecular formula is C16H23NO2S. The van der Waals surface area contributed by atoms with Crippen LogP contribution in [-0.4, -0.2) is 21.2 Å². The minimum absolute atomic E-state index is 0.233. The molecule has 20 heavy (non-hydrogen) atoms. The molecule has 0 spiro atoms. The highest BCUT2D eigenvalue weighted by Crippen LogP contribution is 2.21. The summed E-state index contributed by atoms with van der Waals surface area (Å²) in [7, 11) is -3.13. The Hall–Kier alpha value is -1.31. The van der Waals surface area contributed by atoms with E-state index in [9.17, 15) is 8.42 Å². The van der Waals surface area contributed by atoms with E-state index in [2.05, 4.69) is 18.2 Å². The Morgan fingerprint density at radius 2 is 1.95 bits per heavy atom. The van der Waals surface area contributed by atoms with Gasteiger partial charge >= 0.3 is 0 Å². The predicted octanol–water partition coefficient (Wildman–Crippen LogP) is 2.93. The predicted molar refractivity (Wildman–Crippen MR) is 83.3 cm³/mol. The largest absolute Gasteiger partial charge is 0.310 e. The van der Waals surface area contributed by atoms with Crippen molar-refractivity contribution >= 4 is 9.84 Å². The van der Waals surface area contributed by atoms with Crippen LogP contribution < -0.4 is 5.32 Å². The summed E-state index contributed by atoms with van der Waals surface area (Å²) in [6.07, 6.45) is 10.3. The van der Waals surface area contributed by atoms with Gasteiger partial charge in [-0.05, 0) is 43.5 Å². The number of rotatable bonds is 8. The number of terminal acetylenes is 1. The summed E-state index contributed by atoms with van der Waals surface area (Å²) in [6.45, 7) is 3.06. The Bertz CT molecular complexity index is 541. The highest BCUT2D eigenvalue weighted by molar-refractivity contribution is 7.90. The first-order valence-electron chi connectivity index (χ1n) is 6.96. The van der Waals surface area contributed by atoms with Gasteiger partial charge in [0.25, 0.3) is 0 Å². The standard InChI is InChI=1S/C16H23NO2S/c1-4-6-7-8-16(17-13-5-2)14-9-11-15(12-10-14)20(3,18)19/h1,9-12,16-17H,5-8,13H2,2-3H3. The Kier molecular flexibility index (Phi) is 6.77. The lowest BCUT2D eigenvalue weighted by atomic mass is 10.0. The third-order valence-electron chi connectivity index (χ3n) is 3.17. The highest BCUT2D eigenvalue weighted by atomic mass is 32.2. The van der Waals surface area contributed by atoms with Crippen molar-refractivity contribution in [2.24, 2.45) is 0 Å². The van der Waals surface area contributed by atoms with Crippen LogP contribution in [0, 0.1) is 12.3 Å². The summed E-state index contributed by atoms with van der Waals surface area (Å²) in [5.41, 5.74) is 1.11. The molecule has 0 bridgehead atoms. The normalized spacial score (nSPS) is 12.8. The molecule has 1 aromatic rings. The van der Waals surface area contributed by atoms with Gasteiger partial charge in [0.05, 0.1) is 4.90 Å².